The molecular formula is C22H21N3O5. The summed E-state index contributed by atoms with van der Waals surface area (Å²) in [6.07, 6.45) is 8.11. The minimum atomic E-state index is -0.516. The van der Waals surface area contributed by atoms with Crippen molar-refractivity contribution in [3.05, 3.63) is 59.7 Å². The van der Waals surface area contributed by atoms with Crippen molar-refractivity contribution in [2.24, 2.45) is 5.16 Å². The predicted octanol–water partition coefficient (Wildman–Crippen LogP) is 2.90. The summed E-state index contributed by atoms with van der Waals surface area (Å²) in [5, 5.41) is 16.6. The van der Waals surface area contributed by atoms with Gasteiger partial charge in [-0.1, -0.05) is 29.3 Å². The molecule has 30 heavy (non-hydrogen) atoms. The Labute approximate surface area is 174 Å². The molecule has 0 bridgehead atoms. The van der Waals surface area contributed by atoms with Gasteiger partial charge in [-0.2, -0.15) is 0 Å². The Morgan fingerprint density at radius 3 is 2.70 bits per heavy atom. The van der Waals surface area contributed by atoms with E-state index in [2.05, 4.69) is 21.7 Å². The van der Waals surface area contributed by atoms with Gasteiger partial charge in [0.15, 0.2) is 11.5 Å². The topological polar surface area (TPSA) is 109 Å². The van der Waals surface area contributed by atoms with Gasteiger partial charge >= 0.3 is 0 Å². The van der Waals surface area contributed by atoms with Gasteiger partial charge in [-0.3, -0.25) is 9.59 Å². The number of para-hydroxylation sites is 1. The van der Waals surface area contributed by atoms with Crippen LogP contribution in [0.5, 0.6) is 11.5 Å². The summed E-state index contributed by atoms with van der Waals surface area (Å²) < 4.78 is 10.7. The number of terminal acetylenes is 1. The fourth-order valence-corrected chi connectivity index (χ4v) is 2.42. The summed E-state index contributed by atoms with van der Waals surface area (Å²) in [4.78, 5) is 24.6. The van der Waals surface area contributed by atoms with Crippen LogP contribution in [0.3, 0.4) is 0 Å². The minimum absolute atomic E-state index is 0.0321. The highest BCUT2D eigenvalue weighted by Crippen LogP contribution is 2.28. The normalized spacial score (nSPS) is 10.9. The Kier molecular flexibility index (Phi) is 8.03. The van der Waals surface area contributed by atoms with Crippen molar-refractivity contribution in [1.82, 2.24) is 5.32 Å². The standard InChI is InChI=1S/C22H21N3O5/c1-4-13-30-19-11-9-16(14-20(19)29-3)10-12-21(26)24-18-8-6-5-7-17(18)22(27)23-15(2)25-28/h1,5-12,14,28H,13H2,2-3H3,(H,24,26)(H,23,25,27)/b12-10+. The maximum atomic E-state index is 12.3. The molecule has 0 aliphatic carbocycles. The maximum Gasteiger partial charge on any atom is 0.258 e. The highest BCUT2D eigenvalue weighted by atomic mass is 16.5. The number of amides is 2. The average molecular weight is 407 g/mol. The molecule has 8 nitrogen and oxygen atoms in total. The van der Waals surface area contributed by atoms with E-state index in [1.807, 2.05) is 0 Å². The quantitative estimate of drug-likeness (QED) is 0.163. The third-order valence-electron chi connectivity index (χ3n) is 3.80. The van der Waals surface area contributed by atoms with Crippen LogP contribution in [0.15, 0.2) is 53.7 Å². The van der Waals surface area contributed by atoms with Gasteiger partial charge < -0.3 is 25.3 Å². The molecule has 0 aromatic heterocycles. The molecule has 2 aromatic carbocycles. The summed E-state index contributed by atoms with van der Waals surface area (Å²) in [5.74, 6) is 2.44. The van der Waals surface area contributed by atoms with Crippen LogP contribution in [0.1, 0.15) is 22.8 Å². The van der Waals surface area contributed by atoms with E-state index >= 15 is 0 Å². The SMILES string of the molecule is C#CCOc1ccc(/C=C/C(=O)Nc2ccccc2C(=O)N/C(C)=N/O)cc1OC. The number of carbonyl (C=O) groups is 2. The van der Waals surface area contributed by atoms with Crippen molar-refractivity contribution in [2.75, 3.05) is 19.0 Å². The molecule has 0 saturated carbocycles. The molecule has 2 aromatic rings. The molecule has 0 heterocycles. The molecule has 3 N–H and O–H groups in total. The van der Waals surface area contributed by atoms with Crippen molar-refractivity contribution in [3.63, 3.8) is 0 Å². The molecule has 0 aliphatic heterocycles. The largest absolute Gasteiger partial charge is 0.493 e. The Balaban J connectivity index is 2.12. The van der Waals surface area contributed by atoms with Gasteiger partial charge in [0.25, 0.3) is 5.91 Å². The highest BCUT2D eigenvalue weighted by molar-refractivity contribution is 6.11. The Hall–Kier alpha value is -4.25. The van der Waals surface area contributed by atoms with Crippen molar-refractivity contribution < 1.29 is 24.3 Å². The lowest BCUT2D eigenvalue weighted by Crippen LogP contribution is -2.29. The maximum absolute atomic E-state index is 12.3. The highest BCUT2D eigenvalue weighted by Gasteiger charge is 2.13. The fraction of sp³-hybridized carbons (Fsp3) is 0.136. The van der Waals surface area contributed by atoms with Crippen molar-refractivity contribution in [1.29, 1.82) is 0 Å². The fourth-order valence-electron chi connectivity index (χ4n) is 2.42. The van der Waals surface area contributed by atoms with Gasteiger partial charge in [0.2, 0.25) is 5.91 Å². The molecular weight excluding hydrogens is 386 g/mol. The first kappa shape index (κ1) is 22.0. The second-order valence-corrected chi connectivity index (χ2v) is 5.91. The zero-order chi connectivity index (χ0) is 21.9. The number of hydrogen-bond acceptors (Lipinski definition) is 6. The van der Waals surface area contributed by atoms with E-state index < -0.39 is 11.8 Å². The molecule has 2 rings (SSSR count). The first-order chi connectivity index (χ1) is 14.5. The lowest BCUT2D eigenvalue weighted by molar-refractivity contribution is -0.111. The zero-order valence-electron chi connectivity index (χ0n) is 16.5. The summed E-state index contributed by atoms with van der Waals surface area (Å²) >= 11 is 0. The van der Waals surface area contributed by atoms with Crippen LogP contribution in [0.4, 0.5) is 5.69 Å². The summed E-state index contributed by atoms with van der Waals surface area (Å²) in [6, 6.07) is 11.6. The van der Waals surface area contributed by atoms with Crippen LogP contribution >= 0.6 is 0 Å². The lowest BCUT2D eigenvalue weighted by Gasteiger charge is -2.10. The van der Waals surface area contributed by atoms with Crippen LogP contribution in [-0.2, 0) is 4.79 Å². The number of anilines is 1. The first-order valence-electron chi connectivity index (χ1n) is 8.81. The summed E-state index contributed by atoms with van der Waals surface area (Å²) in [5.41, 5.74) is 1.24. The number of ether oxygens (including phenoxy) is 2. The van der Waals surface area contributed by atoms with E-state index in [0.29, 0.717) is 22.7 Å². The van der Waals surface area contributed by atoms with E-state index in [9.17, 15) is 9.59 Å². The molecule has 0 spiro atoms. The molecule has 0 aliphatic rings. The number of carbonyl (C=O) groups excluding carboxylic acids is 2. The molecule has 2 amide bonds. The second kappa shape index (κ2) is 10.9. The number of nitrogens with zero attached hydrogens (tertiary/aromatic N) is 1. The minimum Gasteiger partial charge on any atom is -0.493 e. The Morgan fingerprint density at radius 1 is 1.23 bits per heavy atom. The van der Waals surface area contributed by atoms with Gasteiger partial charge in [-0.15, -0.1) is 6.42 Å². The third-order valence-corrected chi connectivity index (χ3v) is 3.80. The smallest absolute Gasteiger partial charge is 0.258 e. The molecule has 0 unspecified atom stereocenters. The average Bonchev–Trinajstić information content (AvgIpc) is 2.76. The number of hydrogen-bond donors (Lipinski definition) is 3. The monoisotopic (exact) mass is 407 g/mol. The van der Waals surface area contributed by atoms with E-state index in [1.165, 1.54) is 20.1 Å². The van der Waals surface area contributed by atoms with E-state index in [1.54, 1.807) is 48.5 Å². The van der Waals surface area contributed by atoms with Crippen LogP contribution < -0.4 is 20.1 Å². The number of rotatable bonds is 7. The van der Waals surface area contributed by atoms with Crippen LogP contribution in [-0.4, -0.2) is 36.6 Å². The van der Waals surface area contributed by atoms with E-state index in [4.69, 9.17) is 21.1 Å². The molecule has 0 saturated heterocycles. The zero-order valence-corrected chi connectivity index (χ0v) is 16.5. The van der Waals surface area contributed by atoms with Crippen LogP contribution in [0, 0.1) is 12.3 Å². The van der Waals surface area contributed by atoms with Crippen molar-refractivity contribution >= 4 is 29.4 Å². The Bertz CT molecular complexity index is 1020. The van der Waals surface area contributed by atoms with Crippen LogP contribution in [0.25, 0.3) is 6.08 Å². The Morgan fingerprint density at radius 2 is 2.00 bits per heavy atom. The number of nitrogens with one attached hydrogen (secondary N) is 2. The van der Waals surface area contributed by atoms with Gasteiger partial charge in [0.1, 0.15) is 12.4 Å². The third kappa shape index (κ3) is 6.14. The van der Waals surface area contributed by atoms with Gasteiger partial charge in [0.05, 0.1) is 18.4 Å². The van der Waals surface area contributed by atoms with Gasteiger partial charge in [-0.25, -0.2) is 0 Å². The summed E-state index contributed by atoms with van der Waals surface area (Å²) in [7, 11) is 1.50. The van der Waals surface area contributed by atoms with Gasteiger partial charge in [0, 0.05) is 6.08 Å². The summed E-state index contributed by atoms with van der Waals surface area (Å²) in [6.45, 7) is 1.55. The number of benzene rings is 2. The van der Waals surface area contributed by atoms with Gasteiger partial charge in [-0.05, 0) is 42.8 Å². The molecule has 0 radical (unpaired) electrons. The number of methoxy groups -OCH3 is 1. The van der Waals surface area contributed by atoms with Crippen LogP contribution in [0.2, 0.25) is 0 Å². The molecule has 8 heteroatoms. The first-order valence-corrected chi connectivity index (χ1v) is 8.81. The van der Waals surface area contributed by atoms with E-state index in [-0.39, 0.29) is 18.0 Å². The molecule has 154 valence electrons. The van der Waals surface area contributed by atoms with Crippen molar-refractivity contribution in [2.45, 2.75) is 6.92 Å². The number of oxime groups is 1. The van der Waals surface area contributed by atoms with Crippen molar-refractivity contribution in [3.8, 4) is 23.8 Å². The van der Waals surface area contributed by atoms with E-state index in [0.717, 1.165) is 0 Å². The predicted molar refractivity (Wildman–Crippen MR) is 114 cm³/mol. The second-order valence-electron chi connectivity index (χ2n) is 5.91. The number of amidine groups is 1. The molecule has 0 atom stereocenters. The molecule has 0 fully saturated rings. The lowest BCUT2D eigenvalue weighted by atomic mass is 10.1.